The topological polar surface area (TPSA) is 143 Å². The van der Waals surface area contributed by atoms with Crippen LogP contribution in [0.4, 0.5) is 21.9 Å². The Bertz CT molecular complexity index is 983. The van der Waals surface area contributed by atoms with Crippen LogP contribution in [-0.2, 0) is 21.3 Å². The van der Waals surface area contributed by atoms with Crippen LogP contribution in [0.25, 0.3) is 0 Å². The summed E-state index contributed by atoms with van der Waals surface area (Å²) in [6, 6.07) is 8.33. The molecule has 0 aliphatic carbocycles. The predicted octanol–water partition coefficient (Wildman–Crippen LogP) is 0.429. The summed E-state index contributed by atoms with van der Waals surface area (Å²) in [5.41, 5.74) is 7.64. The molecule has 2 aromatic carbocycles. The van der Waals surface area contributed by atoms with Gasteiger partial charge in [0.25, 0.3) is 10.0 Å². The third-order valence-electron chi connectivity index (χ3n) is 3.94. The average molecular weight is 390 g/mol. The molecule has 0 saturated heterocycles. The highest BCUT2D eigenvalue weighted by Crippen LogP contribution is 2.26. The molecular formula is C16H19BN4O5S. The van der Waals surface area contributed by atoms with E-state index in [9.17, 15) is 18.2 Å². The monoisotopic (exact) mass is 390 g/mol. The number of carbonyl (C=O) groups is 1. The molecule has 0 fully saturated rings. The largest absolute Gasteiger partial charge is 0.491 e. The van der Waals surface area contributed by atoms with E-state index in [1.807, 2.05) is 0 Å². The van der Waals surface area contributed by atoms with Crippen molar-refractivity contribution < 1.29 is 22.9 Å². The van der Waals surface area contributed by atoms with Crippen LogP contribution < -0.4 is 26.6 Å². The van der Waals surface area contributed by atoms with Crippen LogP contribution in [0.3, 0.4) is 0 Å². The van der Waals surface area contributed by atoms with E-state index in [1.54, 1.807) is 19.1 Å². The molecule has 0 spiro atoms. The van der Waals surface area contributed by atoms with Gasteiger partial charge in [-0.15, -0.1) is 0 Å². The van der Waals surface area contributed by atoms with Crippen molar-refractivity contribution >= 4 is 45.7 Å². The number of urea groups is 1. The van der Waals surface area contributed by atoms with E-state index < -0.39 is 23.2 Å². The van der Waals surface area contributed by atoms with Gasteiger partial charge in [0.1, 0.15) is 4.90 Å². The van der Waals surface area contributed by atoms with Crippen molar-refractivity contribution in [2.75, 3.05) is 22.3 Å². The van der Waals surface area contributed by atoms with Crippen LogP contribution in [-0.4, -0.2) is 33.1 Å². The summed E-state index contributed by atoms with van der Waals surface area (Å²) in [5, 5.41) is 14.8. The van der Waals surface area contributed by atoms with E-state index in [-0.39, 0.29) is 22.9 Å². The molecule has 2 aromatic rings. The second-order valence-electron chi connectivity index (χ2n) is 5.92. The molecule has 0 atom stereocenters. The van der Waals surface area contributed by atoms with Gasteiger partial charge in [0.15, 0.2) is 0 Å². The Morgan fingerprint density at radius 3 is 2.81 bits per heavy atom. The molecule has 0 bridgehead atoms. The van der Waals surface area contributed by atoms with Crippen molar-refractivity contribution in [2.45, 2.75) is 18.4 Å². The normalized spacial score (nSPS) is 13.2. The minimum absolute atomic E-state index is 0.0537. The summed E-state index contributed by atoms with van der Waals surface area (Å²) in [6.07, 6.45) is 0. The van der Waals surface area contributed by atoms with Crippen LogP contribution in [0, 0.1) is 0 Å². The predicted molar refractivity (Wildman–Crippen MR) is 103 cm³/mol. The van der Waals surface area contributed by atoms with Gasteiger partial charge < -0.3 is 26.0 Å². The molecule has 0 radical (unpaired) electrons. The van der Waals surface area contributed by atoms with Gasteiger partial charge in [0.05, 0.1) is 12.3 Å². The number of amides is 2. The van der Waals surface area contributed by atoms with E-state index in [0.29, 0.717) is 17.7 Å². The third-order valence-corrected chi connectivity index (χ3v) is 5.38. The van der Waals surface area contributed by atoms with Gasteiger partial charge in [-0.25, -0.2) is 13.2 Å². The van der Waals surface area contributed by atoms with Crippen molar-refractivity contribution in [3.63, 3.8) is 0 Å². The van der Waals surface area contributed by atoms with Crippen molar-refractivity contribution in [1.82, 2.24) is 5.32 Å². The molecule has 142 valence electrons. The molecule has 1 heterocycles. The summed E-state index contributed by atoms with van der Waals surface area (Å²) >= 11 is 0. The van der Waals surface area contributed by atoms with Crippen LogP contribution >= 0.6 is 0 Å². The van der Waals surface area contributed by atoms with Crippen molar-refractivity contribution in [1.29, 1.82) is 0 Å². The molecule has 9 nitrogen and oxygen atoms in total. The van der Waals surface area contributed by atoms with Gasteiger partial charge >= 0.3 is 13.1 Å². The number of hydrogen-bond acceptors (Lipinski definition) is 6. The smallest absolute Gasteiger partial charge is 0.423 e. The first-order valence-electron chi connectivity index (χ1n) is 8.20. The number of carbonyl (C=O) groups excluding carboxylic acids is 1. The summed E-state index contributed by atoms with van der Waals surface area (Å²) in [5.74, 6) is 0. The lowest BCUT2D eigenvalue weighted by Gasteiger charge is -2.14. The number of nitrogen functional groups attached to an aromatic ring is 1. The van der Waals surface area contributed by atoms with Gasteiger partial charge in [0, 0.05) is 17.9 Å². The number of nitrogens with one attached hydrogen (secondary N) is 3. The minimum atomic E-state index is -4.03. The molecule has 6 N–H and O–H groups in total. The SMILES string of the molecule is CCNC(=O)Nc1cc(N)ccc1S(=O)(=O)Nc1ccc2c(c1)B(O)OC2. The summed E-state index contributed by atoms with van der Waals surface area (Å²) in [4.78, 5) is 11.7. The quantitative estimate of drug-likeness (QED) is 0.370. The maximum Gasteiger partial charge on any atom is 0.491 e. The molecular weight excluding hydrogens is 371 g/mol. The number of sulfonamides is 1. The molecule has 3 rings (SSSR count). The van der Waals surface area contributed by atoms with E-state index in [4.69, 9.17) is 10.4 Å². The lowest BCUT2D eigenvalue weighted by Crippen LogP contribution is -2.30. The van der Waals surface area contributed by atoms with Gasteiger partial charge in [-0.3, -0.25) is 4.72 Å². The number of anilines is 3. The molecule has 1 aliphatic heterocycles. The van der Waals surface area contributed by atoms with Crippen molar-refractivity contribution in [3.05, 3.63) is 42.0 Å². The second-order valence-corrected chi connectivity index (χ2v) is 7.57. The molecule has 2 amide bonds. The zero-order valence-corrected chi connectivity index (χ0v) is 15.3. The van der Waals surface area contributed by atoms with Crippen molar-refractivity contribution in [2.24, 2.45) is 0 Å². The fourth-order valence-corrected chi connectivity index (χ4v) is 3.89. The maximum atomic E-state index is 12.8. The molecule has 27 heavy (non-hydrogen) atoms. The van der Waals surface area contributed by atoms with Gasteiger partial charge in [0.2, 0.25) is 0 Å². The molecule has 0 aromatic heterocycles. The zero-order valence-electron chi connectivity index (χ0n) is 14.5. The number of rotatable bonds is 5. The number of fused-ring (bicyclic) bond motifs is 1. The average Bonchev–Trinajstić information content (AvgIpc) is 2.95. The minimum Gasteiger partial charge on any atom is -0.423 e. The molecule has 0 saturated carbocycles. The Balaban J connectivity index is 1.91. The Kier molecular flexibility index (Phi) is 5.26. The summed E-state index contributed by atoms with van der Waals surface area (Å²) < 4.78 is 33.2. The van der Waals surface area contributed by atoms with Crippen LogP contribution in [0.5, 0.6) is 0 Å². The first-order valence-corrected chi connectivity index (χ1v) is 9.68. The van der Waals surface area contributed by atoms with Crippen LogP contribution in [0.1, 0.15) is 12.5 Å². The van der Waals surface area contributed by atoms with E-state index >= 15 is 0 Å². The van der Waals surface area contributed by atoms with Gasteiger partial charge in [-0.1, -0.05) is 6.07 Å². The fraction of sp³-hybridized carbons (Fsp3) is 0.188. The Hall–Kier alpha value is -2.76. The first kappa shape index (κ1) is 19.0. The first-order chi connectivity index (χ1) is 12.8. The number of nitrogens with two attached hydrogens (primary N) is 1. The number of hydrogen-bond donors (Lipinski definition) is 5. The molecule has 11 heteroatoms. The van der Waals surface area contributed by atoms with Gasteiger partial charge in [-0.2, -0.15) is 0 Å². The highest BCUT2D eigenvalue weighted by molar-refractivity contribution is 7.92. The standard InChI is InChI=1S/C16H19BN4O5S/c1-2-19-16(22)20-14-7-11(18)4-6-15(14)27(24,25)21-12-5-3-10-9-26-17(23)13(10)8-12/h3-8,21,23H,2,9,18H2,1H3,(H2,19,20,22). The maximum absolute atomic E-state index is 12.8. The Morgan fingerprint density at radius 1 is 1.30 bits per heavy atom. The van der Waals surface area contributed by atoms with Crippen LogP contribution in [0.2, 0.25) is 0 Å². The Morgan fingerprint density at radius 2 is 2.07 bits per heavy atom. The third kappa shape index (κ3) is 4.16. The highest BCUT2D eigenvalue weighted by atomic mass is 32.2. The van der Waals surface area contributed by atoms with E-state index in [0.717, 1.165) is 5.56 Å². The molecule has 0 unspecified atom stereocenters. The van der Waals surface area contributed by atoms with E-state index in [2.05, 4.69) is 15.4 Å². The van der Waals surface area contributed by atoms with Gasteiger partial charge in [-0.05, 0) is 48.3 Å². The molecule has 1 aliphatic rings. The van der Waals surface area contributed by atoms with E-state index in [1.165, 1.54) is 24.3 Å². The van der Waals surface area contributed by atoms with Crippen molar-refractivity contribution in [3.8, 4) is 0 Å². The highest BCUT2D eigenvalue weighted by Gasteiger charge is 2.28. The fourth-order valence-electron chi connectivity index (χ4n) is 2.70. The lowest BCUT2D eigenvalue weighted by molar-refractivity contribution is 0.252. The lowest BCUT2D eigenvalue weighted by atomic mass is 9.79. The number of benzene rings is 2. The van der Waals surface area contributed by atoms with Crippen LogP contribution in [0.15, 0.2) is 41.3 Å². The summed E-state index contributed by atoms with van der Waals surface area (Å²) in [7, 11) is -5.11. The Labute approximate surface area is 157 Å². The summed E-state index contributed by atoms with van der Waals surface area (Å²) in [6.45, 7) is 2.39. The zero-order chi connectivity index (χ0) is 19.6. The second kappa shape index (κ2) is 7.47.